The Morgan fingerprint density at radius 2 is 1.53 bits per heavy atom. The first-order valence-corrected chi connectivity index (χ1v) is 10.7. The van der Waals surface area contributed by atoms with Crippen molar-refractivity contribution in [2.24, 2.45) is 0 Å². The molecule has 0 fully saturated rings. The van der Waals surface area contributed by atoms with E-state index >= 15 is 0 Å². The maximum atomic E-state index is 12.4. The van der Waals surface area contributed by atoms with Gasteiger partial charge in [-0.25, -0.2) is 9.50 Å². The molecule has 2 aromatic heterocycles. The van der Waals surface area contributed by atoms with E-state index in [9.17, 15) is 9.59 Å². The van der Waals surface area contributed by atoms with Gasteiger partial charge >= 0.3 is 0 Å². The second kappa shape index (κ2) is 9.66. The van der Waals surface area contributed by atoms with Crippen molar-refractivity contribution in [3.8, 4) is 11.1 Å². The maximum absolute atomic E-state index is 12.4. The predicted octanol–water partition coefficient (Wildman–Crippen LogP) is 4.35. The van der Waals surface area contributed by atoms with E-state index in [4.69, 9.17) is 0 Å². The Bertz CT molecular complexity index is 1230. The van der Waals surface area contributed by atoms with Gasteiger partial charge in [0.25, 0.3) is 0 Å². The van der Waals surface area contributed by atoms with E-state index in [0.29, 0.717) is 23.5 Å². The van der Waals surface area contributed by atoms with Crippen LogP contribution in [0.5, 0.6) is 0 Å². The summed E-state index contributed by atoms with van der Waals surface area (Å²) in [6.07, 6.45) is 3.46. The van der Waals surface area contributed by atoms with Crippen molar-refractivity contribution >= 4 is 17.2 Å². The first kappa shape index (κ1) is 21.6. The maximum Gasteiger partial charge on any atom is 0.170 e. The highest BCUT2D eigenvalue weighted by molar-refractivity contribution is 5.97. The van der Waals surface area contributed by atoms with Gasteiger partial charge in [0.2, 0.25) is 0 Å². The molecule has 6 heteroatoms. The van der Waals surface area contributed by atoms with Crippen LogP contribution in [0.2, 0.25) is 0 Å². The molecule has 32 heavy (non-hydrogen) atoms. The number of Topliss-reactive ketones (excluding diaryl/α,β-unsaturated/α-hetero) is 2. The summed E-state index contributed by atoms with van der Waals surface area (Å²) >= 11 is 0. The van der Waals surface area contributed by atoms with E-state index < -0.39 is 0 Å². The molecule has 0 radical (unpaired) electrons. The summed E-state index contributed by atoms with van der Waals surface area (Å²) in [4.78, 5) is 31.4. The number of nitrogens with zero attached hydrogens (tertiary/aromatic N) is 4. The minimum absolute atomic E-state index is 0.00688. The zero-order chi connectivity index (χ0) is 22.5. The lowest BCUT2D eigenvalue weighted by Gasteiger charge is -2.08. The number of pyridine rings is 1. The van der Waals surface area contributed by atoms with Crippen LogP contribution in [0.3, 0.4) is 0 Å². The zero-order valence-electron chi connectivity index (χ0n) is 18.4. The fraction of sp³-hybridized carbons (Fsp3) is 0.231. The van der Waals surface area contributed by atoms with Gasteiger partial charge in [-0.05, 0) is 44.8 Å². The lowest BCUT2D eigenvalue weighted by atomic mass is 10.0. The number of hydrogen-bond donors (Lipinski definition) is 0. The Kier molecular flexibility index (Phi) is 6.52. The molecule has 2 aromatic carbocycles. The molecule has 0 amide bonds. The summed E-state index contributed by atoms with van der Waals surface area (Å²) in [6.45, 7) is 0.903. The quantitative estimate of drug-likeness (QED) is 0.372. The zero-order valence-corrected chi connectivity index (χ0v) is 18.4. The second-order valence-corrected chi connectivity index (χ2v) is 8.12. The molecular formula is C26H26N4O2. The molecule has 162 valence electrons. The number of benzene rings is 2. The molecule has 0 N–H and O–H groups in total. The van der Waals surface area contributed by atoms with E-state index in [1.54, 1.807) is 16.6 Å². The van der Waals surface area contributed by atoms with Gasteiger partial charge in [-0.15, -0.1) is 0 Å². The summed E-state index contributed by atoms with van der Waals surface area (Å²) in [7, 11) is 4.02. The normalized spacial score (nSPS) is 11.2. The van der Waals surface area contributed by atoms with E-state index in [0.717, 1.165) is 29.7 Å². The fourth-order valence-corrected chi connectivity index (χ4v) is 3.59. The smallest absolute Gasteiger partial charge is 0.170 e. The average molecular weight is 427 g/mol. The number of fused-ring (bicyclic) bond motifs is 1. The topological polar surface area (TPSA) is 67.6 Å². The average Bonchev–Trinajstić information content (AvgIpc) is 3.21. The van der Waals surface area contributed by atoms with Crippen LogP contribution in [-0.2, 0) is 6.42 Å². The van der Waals surface area contributed by atoms with Gasteiger partial charge in [-0.3, -0.25) is 9.59 Å². The number of aromatic nitrogens is 3. The number of carbonyl (C=O) groups excluding carboxylic acids is 2. The largest absolute Gasteiger partial charge is 0.309 e. The summed E-state index contributed by atoms with van der Waals surface area (Å²) < 4.78 is 1.70. The van der Waals surface area contributed by atoms with Crippen LogP contribution >= 0.6 is 0 Å². The van der Waals surface area contributed by atoms with Gasteiger partial charge in [-0.1, -0.05) is 54.6 Å². The molecule has 4 aromatic rings. The Labute approximate surface area is 187 Å². The number of carbonyl (C=O) groups is 2. The molecule has 0 unspecified atom stereocenters. The van der Waals surface area contributed by atoms with Gasteiger partial charge in [0, 0.05) is 29.3 Å². The summed E-state index contributed by atoms with van der Waals surface area (Å²) in [5, 5.41) is 4.48. The summed E-state index contributed by atoms with van der Waals surface area (Å²) in [5.74, 6) is 0.653. The Hall–Kier alpha value is -3.64. The molecule has 0 saturated carbocycles. The van der Waals surface area contributed by atoms with E-state index in [2.05, 4.69) is 15.0 Å². The van der Waals surface area contributed by atoms with Crippen LogP contribution in [0.1, 0.15) is 39.4 Å². The highest BCUT2D eigenvalue weighted by atomic mass is 16.1. The predicted molar refractivity (Wildman–Crippen MR) is 125 cm³/mol. The van der Waals surface area contributed by atoms with Crippen LogP contribution in [0.15, 0.2) is 72.9 Å². The number of rotatable bonds is 9. The monoisotopic (exact) mass is 426 g/mol. The lowest BCUT2D eigenvalue weighted by molar-refractivity contribution is 0.0973. The van der Waals surface area contributed by atoms with Crippen molar-refractivity contribution < 1.29 is 9.59 Å². The third kappa shape index (κ3) is 5.15. The van der Waals surface area contributed by atoms with E-state index in [-0.39, 0.29) is 18.0 Å². The highest BCUT2D eigenvalue weighted by Gasteiger charge is 2.12. The standard InChI is InChI=1S/C26H26N4O2/c1-29(2)16-6-9-23(31)21-12-10-19(11-13-21)22-14-15-26-27-25(28-30(26)18-22)17-24(32)20-7-4-3-5-8-20/h3-5,7-8,10-15,18H,6,9,16-17H2,1-2H3. The minimum Gasteiger partial charge on any atom is -0.309 e. The van der Waals surface area contributed by atoms with Crippen molar-refractivity contribution in [1.29, 1.82) is 0 Å². The van der Waals surface area contributed by atoms with Crippen molar-refractivity contribution in [2.45, 2.75) is 19.3 Å². The molecule has 0 aliphatic heterocycles. The first-order valence-electron chi connectivity index (χ1n) is 10.7. The Morgan fingerprint density at radius 1 is 0.844 bits per heavy atom. The van der Waals surface area contributed by atoms with Crippen LogP contribution in [0.4, 0.5) is 0 Å². The fourth-order valence-electron chi connectivity index (χ4n) is 3.59. The van der Waals surface area contributed by atoms with E-state index in [1.807, 2.05) is 74.9 Å². The van der Waals surface area contributed by atoms with Crippen LogP contribution in [-0.4, -0.2) is 51.7 Å². The van der Waals surface area contributed by atoms with Crippen molar-refractivity contribution in [3.63, 3.8) is 0 Å². The Balaban J connectivity index is 1.46. The molecule has 0 spiro atoms. The number of ketones is 2. The molecule has 4 rings (SSSR count). The van der Waals surface area contributed by atoms with Gasteiger partial charge in [-0.2, -0.15) is 5.10 Å². The van der Waals surface area contributed by atoms with Crippen molar-refractivity contribution in [3.05, 3.63) is 89.9 Å². The van der Waals surface area contributed by atoms with Crippen LogP contribution in [0.25, 0.3) is 16.8 Å². The molecule has 0 aliphatic rings. The molecular weight excluding hydrogens is 400 g/mol. The second-order valence-electron chi connectivity index (χ2n) is 8.12. The van der Waals surface area contributed by atoms with E-state index in [1.165, 1.54) is 0 Å². The van der Waals surface area contributed by atoms with Gasteiger partial charge in [0.1, 0.15) is 0 Å². The molecule has 0 bridgehead atoms. The molecule has 0 saturated heterocycles. The molecule has 0 aliphatic carbocycles. The molecule has 0 atom stereocenters. The third-order valence-corrected chi connectivity index (χ3v) is 5.34. The first-order chi connectivity index (χ1) is 15.5. The van der Waals surface area contributed by atoms with Crippen LogP contribution < -0.4 is 0 Å². The summed E-state index contributed by atoms with van der Waals surface area (Å²) in [5.41, 5.74) is 4.04. The highest BCUT2D eigenvalue weighted by Crippen LogP contribution is 2.21. The Morgan fingerprint density at radius 3 is 2.25 bits per heavy atom. The molecule has 2 heterocycles. The third-order valence-electron chi connectivity index (χ3n) is 5.34. The molecule has 6 nitrogen and oxygen atoms in total. The van der Waals surface area contributed by atoms with Gasteiger partial charge in [0.15, 0.2) is 23.0 Å². The van der Waals surface area contributed by atoms with Crippen LogP contribution in [0, 0.1) is 0 Å². The minimum atomic E-state index is -0.00688. The van der Waals surface area contributed by atoms with Gasteiger partial charge in [0.05, 0.1) is 6.42 Å². The van der Waals surface area contributed by atoms with Crippen molar-refractivity contribution in [1.82, 2.24) is 19.5 Å². The lowest BCUT2D eigenvalue weighted by Crippen LogP contribution is -2.14. The SMILES string of the molecule is CN(C)CCCC(=O)c1ccc(-c2ccc3nc(CC(=O)c4ccccc4)nn3c2)cc1. The van der Waals surface area contributed by atoms with Crippen molar-refractivity contribution in [2.75, 3.05) is 20.6 Å². The van der Waals surface area contributed by atoms with Gasteiger partial charge < -0.3 is 4.90 Å². The number of hydrogen-bond acceptors (Lipinski definition) is 5. The summed E-state index contributed by atoms with van der Waals surface area (Å²) in [6, 6.07) is 20.7.